The fourth-order valence-corrected chi connectivity index (χ4v) is 3.50. The average molecular weight is 374 g/mol. The highest BCUT2D eigenvalue weighted by Gasteiger charge is 2.29. The third-order valence-electron chi connectivity index (χ3n) is 5.09. The molecule has 3 aromatic rings. The number of anilines is 1. The van der Waals surface area contributed by atoms with Gasteiger partial charge in [0.1, 0.15) is 11.2 Å². The van der Waals surface area contributed by atoms with Crippen molar-refractivity contribution in [3.8, 4) is 17.3 Å². The van der Waals surface area contributed by atoms with E-state index in [4.69, 9.17) is 15.0 Å². The van der Waals surface area contributed by atoms with Gasteiger partial charge in [0.25, 0.3) is 5.56 Å². The smallest absolute Gasteiger partial charge is 0.279 e. The van der Waals surface area contributed by atoms with E-state index < -0.39 is 0 Å². The van der Waals surface area contributed by atoms with E-state index in [1.54, 1.807) is 35.0 Å². The number of hydrogen-bond donors (Lipinski definition) is 0. The molecule has 0 N–H and O–H groups in total. The van der Waals surface area contributed by atoms with Gasteiger partial charge in [-0.2, -0.15) is 10.2 Å². The maximum atomic E-state index is 13.3. The van der Waals surface area contributed by atoms with Crippen LogP contribution >= 0.6 is 0 Å². The van der Waals surface area contributed by atoms with Gasteiger partial charge in [0.05, 0.1) is 31.0 Å². The second-order valence-electron chi connectivity index (χ2n) is 7.04. The van der Waals surface area contributed by atoms with E-state index in [9.17, 15) is 4.79 Å². The normalized spacial score (nSPS) is 16.9. The molecule has 1 saturated carbocycles. The van der Waals surface area contributed by atoms with E-state index in [0.29, 0.717) is 47.1 Å². The predicted molar refractivity (Wildman–Crippen MR) is 103 cm³/mol. The molecule has 2 fully saturated rings. The van der Waals surface area contributed by atoms with Gasteiger partial charge < -0.3 is 9.64 Å². The summed E-state index contributed by atoms with van der Waals surface area (Å²) < 4.78 is 7.15. The molecule has 5 rings (SSSR count). The highest BCUT2D eigenvalue weighted by atomic mass is 16.5. The SMILES string of the molecule is N#Cc1cccc(-c2nc3cnc(N4CCOCC4)nc3n(C3CC3)c2=O)c1. The molecule has 2 aliphatic rings. The van der Waals surface area contributed by atoms with Gasteiger partial charge in [0, 0.05) is 24.7 Å². The number of nitrogens with zero attached hydrogens (tertiary/aromatic N) is 6. The van der Waals surface area contributed by atoms with Crippen LogP contribution in [0.5, 0.6) is 0 Å². The highest BCUT2D eigenvalue weighted by molar-refractivity contribution is 5.75. The van der Waals surface area contributed by atoms with Gasteiger partial charge in [-0.25, -0.2) is 9.97 Å². The number of hydrogen-bond acceptors (Lipinski definition) is 7. The Balaban J connectivity index is 1.69. The molecule has 0 amide bonds. The van der Waals surface area contributed by atoms with Gasteiger partial charge in [0.15, 0.2) is 5.65 Å². The predicted octanol–water partition coefficient (Wildman–Crippen LogP) is 1.90. The van der Waals surface area contributed by atoms with Crippen LogP contribution in [0.4, 0.5) is 5.95 Å². The molecule has 1 saturated heterocycles. The Hall–Kier alpha value is -3.31. The number of ether oxygens (including phenoxy) is 1. The minimum Gasteiger partial charge on any atom is -0.378 e. The minimum atomic E-state index is -0.170. The first-order valence-electron chi connectivity index (χ1n) is 9.37. The van der Waals surface area contributed by atoms with Gasteiger partial charge in [-0.05, 0) is 25.0 Å². The standard InChI is InChI=1S/C20H18N6O2/c21-11-13-2-1-3-14(10-13)17-19(27)26(15-4-5-15)18-16(23-17)12-22-20(24-18)25-6-8-28-9-7-25/h1-3,10,12,15H,4-9H2. The second kappa shape index (κ2) is 6.69. The highest BCUT2D eigenvalue weighted by Crippen LogP contribution is 2.36. The van der Waals surface area contributed by atoms with E-state index in [2.05, 4.69) is 20.9 Å². The lowest BCUT2D eigenvalue weighted by Crippen LogP contribution is -2.37. The Kier molecular flexibility index (Phi) is 4.02. The molecular formula is C20H18N6O2. The largest absolute Gasteiger partial charge is 0.378 e. The van der Waals surface area contributed by atoms with E-state index in [0.717, 1.165) is 25.9 Å². The summed E-state index contributed by atoms with van der Waals surface area (Å²) in [7, 11) is 0. The summed E-state index contributed by atoms with van der Waals surface area (Å²) >= 11 is 0. The molecule has 0 spiro atoms. The summed E-state index contributed by atoms with van der Waals surface area (Å²) in [4.78, 5) is 29.1. The second-order valence-corrected chi connectivity index (χ2v) is 7.04. The van der Waals surface area contributed by atoms with Gasteiger partial charge in [0.2, 0.25) is 5.95 Å². The molecule has 140 valence electrons. The molecule has 0 radical (unpaired) electrons. The first-order chi connectivity index (χ1) is 13.7. The van der Waals surface area contributed by atoms with Crippen molar-refractivity contribution in [2.75, 3.05) is 31.2 Å². The van der Waals surface area contributed by atoms with Crippen LogP contribution in [0.3, 0.4) is 0 Å². The topological polar surface area (TPSA) is 96.9 Å². The van der Waals surface area contributed by atoms with E-state index in [-0.39, 0.29) is 11.6 Å². The van der Waals surface area contributed by atoms with Crippen molar-refractivity contribution in [3.63, 3.8) is 0 Å². The van der Waals surface area contributed by atoms with Crippen molar-refractivity contribution in [1.82, 2.24) is 19.5 Å². The average Bonchev–Trinajstić information content (AvgIpc) is 3.58. The Bertz CT molecular complexity index is 1160. The van der Waals surface area contributed by atoms with Crippen LogP contribution < -0.4 is 10.5 Å². The Morgan fingerprint density at radius 3 is 2.75 bits per heavy atom. The van der Waals surface area contributed by atoms with Crippen LogP contribution in [-0.4, -0.2) is 45.8 Å². The van der Waals surface area contributed by atoms with Crippen molar-refractivity contribution < 1.29 is 4.74 Å². The fourth-order valence-electron chi connectivity index (χ4n) is 3.50. The molecule has 8 heteroatoms. The maximum Gasteiger partial charge on any atom is 0.279 e. The van der Waals surface area contributed by atoms with E-state index in [1.165, 1.54) is 0 Å². The summed E-state index contributed by atoms with van der Waals surface area (Å²) in [5.74, 6) is 0.602. The minimum absolute atomic E-state index is 0.142. The maximum absolute atomic E-state index is 13.3. The third-order valence-corrected chi connectivity index (χ3v) is 5.09. The molecule has 3 heterocycles. The van der Waals surface area contributed by atoms with Crippen molar-refractivity contribution in [1.29, 1.82) is 5.26 Å². The summed E-state index contributed by atoms with van der Waals surface area (Å²) in [6.45, 7) is 2.74. The van der Waals surface area contributed by atoms with E-state index >= 15 is 0 Å². The zero-order valence-electron chi connectivity index (χ0n) is 15.2. The number of morpholine rings is 1. The molecule has 0 bridgehead atoms. The van der Waals surface area contributed by atoms with Crippen molar-refractivity contribution in [2.24, 2.45) is 0 Å². The van der Waals surface area contributed by atoms with Crippen LogP contribution in [0.15, 0.2) is 35.3 Å². The lowest BCUT2D eigenvalue weighted by molar-refractivity contribution is 0.122. The van der Waals surface area contributed by atoms with Crippen LogP contribution in [0, 0.1) is 11.3 Å². The molecule has 0 atom stereocenters. The zero-order valence-corrected chi connectivity index (χ0v) is 15.2. The number of nitriles is 1. The number of fused-ring (bicyclic) bond motifs is 1. The number of aromatic nitrogens is 4. The van der Waals surface area contributed by atoms with Crippen LogP contribution in [-0.2, 0) is 4.74 Å². The lowest BCUT2D eigenvalue weighted by Gasteiger charge is -2.26. The summed E-state index contributed by atoms with van der Waals surface area (Å²) in [6, 6.07) is 9.22. The number of benzene rings is 1. The van der Waals surface area contributed by atoms with Crippen LogP contribution in [0.25, 0.3) is 22.4 Å². The Labute approximate surface area is 161 Å². The summed E-state index contributed by atoms with van der Waals surface area (Å²) in [6.07, 6.45) is 3.59. The van der Waals surface area contributed by atoms with Crippen molar-refractivity contribution in [2.45, 2.75) is 18.9 Å². The van der Waals surface area contributed by atoms with Crippen LogP contribution in [0.1, 0.15) is 24.4 Å². The monoisotopic (exact) mass is 374 g/mol. The molecule has 1 aliphatic heterocycles. The first kappa shape index (κ1) is 16.8. The molecule has 28 heavy (non-hydrogen) atoms. The molecule has 0 unspecified atom stereocenters. The Morgan fingerprint density at radius 1 is 1.18 bits per heavy atom. The van der Waals surface area contributed by atoms with Gasteiger partial charge in [-0.3, -0.25) is 9.36 Å². The molecule has 8 nitrogen and oxygen atoms in total. The number of rotatable bonds is 3. The third kappa shape index (κ3) is 2.90. The molecule has 1 aliphatic carbocycles. The quantitative estimate of drug-likeness (QED) is 0.690. The lowest BCUT2D eigenvalue weighted by atomic mass is 10.1. The molecule has 2 aromatic heterocycles. The van der Waals surface area contributed by atoms with Gasteiger partial charge in [-0.1, -0.05) is 12.1 Å². The van der Waals surface area contributed by atoms with Crippen LogP contribution in [0.2, 0.25) is 0 Å². The molecular weight excluding hydrogens is 356 g/mol. The zero-order chi connectivity index (χ0) is 19.1. The summed E-state index contributed by atoms with van der Waals surface area (Å²) in [5.41, 5.74) is 2.45. The van der Waals surface area contributed by atoms with Gasteiger partial charge >= 0.3 is 0 Å². The molecule has 1 aromatic carbocycles. The van der Waals surface area contributed by atoms with Crippen molar-refractivity contribution in [3.05, 3.63) is 46.4 Å². The van der Waals surface area contributed by atoms with E-state index in [1.807, 2.05) is 0 Å². The fraction of sp³-hybridized carbons (Fsp3) is 0.350. The first-order valence-corrected chi connectivity index (χ1v) is 9.37. The Morgan fingerprint density at radius 2 is 2.00 bits per heavy atom. The van der Waals surface area contributed by atoms with Gasteiger partial charge in [-0.15, -0.1) is 0 Å². The summed E-state index contributed by atoms with van der Waals surface area (Å²) in [5, 5.41) is 9.17. The van der Waals surface area contributed by atoms with Crippen molar-refractivity contribution >= 4 is 17.1 Å².